The average molecular weight is 488 g/mol. The maximum atomic E-state index is 12.6. The number of rotatable bonds is 15. The number of hydrogen-bond acceptors (Lipinski definition) is 8. The third-order valence-electron chi connectivity index (χ3n) is 4.35. The van der Waals surface area contributed by atoms with Gasteiger partial charge in [0.15, 0.2) is 5.96 Å². The number of carboxylic acid groups (broad SMARTS) is 1. The normalized spacial score (nSPS) is 13.9. The Morgan fingerprint density at radius 2 is 1.38 bits per heavy atom. The van der Waals surface area contributed by atoms with Crippen LogP contribution in [0.4, 0.5) is 0 Å². The lowest BCUT2D eigenvalue weighted by molar-refractivity contribution is -0.142. The molecule has 16 heteroatoms. The van der Waals surface area contributed by atoms with E-state index in [0.717, 1.165) is 0 Å². The molecule has 0 aliphatic carbocycles. The molecule has 0 fully saturated rings. The Bertz CT molecular complexity index is 790. The van der Waals surface area contributed by atoms with Gasteiger partial charge in [-0.3, -0.25) is 29.4 Å². The Morgan fingerprint density at radius 3 is 1.88 bits per heavy atom. The number of primary amides is 1. The molecule has 0 aromatic heterocycles. The highest BCUT2D eigenvalue weighted by Gasteiger charge is 2.29. The van der Waals surface area contributed by atoms with Crippen LogP contribution in [0.2, 0.25) is 0 Å². The van der Waals surface area contributed by atoms with Crippen LogP contribution in [0.3, 0.4) is 0 Å². The number of nitrogens with two attached hydrogens (primary N) is 3. The second-order valence-corrected chi connectivity index (χ2v) is 7.34. The van der Waals surface area contributed by atoms with E-state index in [4.69, 9.17) is 22.6 Å². The van der Waals surface area contributed by atoms with Crippen molar-refractivity contribution in [2.75, 3.05) is 13.1 Å². The lowest BCUT2D eigenvalue weighted by Crippen LogP contribution is -2.57. The fraction of sp³-hybridized carbons (Fsp3) is 0.611. The second-order valence-electron chi connectivity index (χ2n) is 7.34. The van der Waals surface area contributed by atoms with Crippen molar-refractivity contribution in [1.29, 1.82) is 5.41 Å². The van der Waals surface area contributed by atoms with Crippen molar-refractivity contribution in [1.82, 2.24) is 26.6 Å². The molecular formula is C18H33N9O7. The highest BCUT2D eigenvalue weighted by atomic mass is 16.4. The number of guanidine groups is 1. The fourth-order valence-electron chi connectivity index (χ4n) is 2.54. The average Bonchev–Trinajstić information content (AvgIpc) is 2.73. The van der Waals surface area contributed by atoms with Crippen molar-refractivity contribution in [2.24, 2.45) is 17.2 Å². The third-order valence-corrected chi connectivity index (χ3v) is 4.35. The summed E-state index contributed by atoms with van der Waals surface area (Å²) in [7, 11) is 0. The summed E-state index contributed by atoms with van der Waals surface area (Å²) in [5, 5.41) is 28.0. The van der Waals surface area contributed by atoms with E-state index in [2.05, 4.69) is 26.6 Å². The predicted octanol–water partition coefficient (Wildman–Crippen LogP) is -4.85. The first kappa shape index (κ1) is 30.0. The van der Waals surface area contributed by atoms with Crippen LogP contribution in [-0.2, 0) is 28.8 Å². The molecule has 34 heavy (non-hydrogen) atoms. The molecule has 0 rings (SSSR count). The van der Waals surface area contributed by atoms with E-state index in [-0.39, 0.29) is 31.9 Å². The Hall–Kier alpha value is -3.95. The number of carboxylic acids is 1. The maximum absolute atomic E-state index is 12.6. The standard InChI is InChI=1S/C18H33N9O7/c1-8(24-13(29)7-19)14(30)25-9(2)15(31)27-11(6-12(20)28)16(32)26-10(17(33)34)4-3-5-23-18(21)22/h8-11H,3-7,19H2,1-2H3,(H2,20,28)(H,24,29)(H,25,30)(H,26,32)(H,27,31)(H,33,34)(H4,21,22,23)/t8-,9-,10-,11-/m0/s1. The van der Waals surface area contributed by atoms with Gasteiger partial charge < -0.3 is 48.9 Å². The zero-order valence-electron chi connectivity index (χ0n) is 19.0. The number of carbonyl (C=O) groups is 6. The number of amides is 5. The molecule has 0 heterocycles. The first-order chi connectivity index (χ1) is 15.8. The number of hydrogen-bond donors (Lipinski definition) is 10. The molecule has 0 aliphatic rings. The quantitative estimate of drug-likeness (QED) is 0.0596. The van der Waals surface area contributed by atoms with Crippen molar-refractivity contribution < 1.29 is 33.9 Å². The van der Waals surface area contributed by atoms with E-state index in [1.807, 2.05) is 0 Å². The van der Waals surface area contributed by atoms with Gasteiger partial charge in [-0.05, 0) is 26.7 Å². The molecular weight excluding hydrogens is 454 g/mol. The van der Waals surface area contributed by atoms with Crippen LogP contribution in [0.25, 0.3) is 0 Å². The van der Waals surface area contributed by atoms with Crippen molar-refractivity contribution in [3.63, 3.8) is 0 Å². The monoisotopic (exact) mass is 487 g/mol. The van der Waals surface area contributed by atoms with Crippen LogP contribution in [-0.4, -0.2) is 83.8 Å². The Balaban J connectivity index is 5.09. The molecule has 0 spiro atoms. The van der Waals surface area contributed by atoms with Crippen LogP contribution in [0.5, 0.6) is 0 Å². The van der Waals surface area contributed by atoms with E-state index in [1.165, 1.54) is 13.8 Å². The SMILES string of the molecule is C[C@H](NC(=O)CN)C(=O)N[C@@H](C)C(=O)N[C@@H](CC(N)=O)C(=O)N[C@@H](CCCNC(=N)N)C(=O)O. The van der Waals surface area contributed by atoms with Gasteiger partial charge in [-0.25, -0.2) is 4.79 Å². The summed E-state index contributed by atoms with van der Waals surface area (Å²) in [6.07, 6.45) is -0.414. The Kier molecular flexibility index (Phi) is 13.2. The van der Waals surface area contributed by atoms with Gasteiger partial charge in [0.2, 0.25) is 29.5 Å². The summed E-state index contributed by atoms with van der Waals surface area (Å²) in [4.78, 5) is 71.2. The van der Waals surface area contributed by atoms with Gasteiger partial charge in [0, 0.05) is 6.54 Å². The minimum atomic E-state index is -1.50. The van der Waals surface area contributed by atoms with Gasteiger partial charge in [-0.1, -0.05) is 0 Å². The molecule has 0 saturated heterocycles. The fourth-order valence-corrected chi connectivity index (χ4v) is 2.54. The minimum Gasteiger partial charge on any atom is -0.480 e. The van der Waals surface area contributed by atoms with Gasteiger partial charge in [-0.15, -0.1) is 0 Å². The summed E-state index contributed by atoms with van der Waals surface area (Å²) >= 11 is 0. The maximum Gasteiger partial charge on any atom is 0.326 e. The molecule has 0 aliphatic heterocycles. The van der Waals surface area contributed by atoms with Gasteiger partial charge in [-0.2, -0.15) is 0 Å². The molecule has 0 unspecified atom stereocenters. The molecule has 0 aromatic rings. The van der Waals surface area contributed by atoms with Crippen LogP contribution in [0.15, 0.2) is 0 Å². The Morgan fingerprint density at radius 1 is 0.853 bits per heavy atom. The molecule has 0 bridgehead atoms. The molecule has 5 amide bonds. The van der Waals surface area contributed by atoms with Gasteiger partial charge in [0.1, 0.15) is 24.2 Å². The predicted molar refractivity (Wildman–Crippen MR) is 119 cm³/mol. The molecule has 16 nitrogen and oxygen atoms in total. The van der Waals surface area contributed by atoms with Crippen molar-refractivity contribution in [3.05, 3.63) is 0 Å². The van der Waals surface area contributed by atoms with E-state index >= 15 is 0 Å². The largest absolute Gasteiger partial charge is 0.480 e. The second kappa shape index (κ2) is 15.0. The zero-order chi connectivity index (χ0) is 26.4. The number of carbonyl (C=O) groups excluding carboxylic acids is 5. The first-order valence-electron chi connectivity index (χ1n) is 10.3. The lowest BCUT2D eigenvalue weighted by atomic mass is 10.1. The molecule has 0 aromatic carbocycles. The summed E-state index contributed by atoms with van der Waals surface area (Å²) < 4.78 is 0. The first-order valence-corrected chi connectivity index (χ1v) is 10.3. The van der Waals surface area contributed by atoms with E-state index in [1.54, 1.807) is 0 Å². The van der Waals surface area contributed by atoms with Crippen molar-refractivity contribution in [3.8, 4) is 0 Å². The van der Waals surface area contributed by atoms with E-state index in [9.17, 15) is 33.9 Å². The number of aliphatic carboxylic acids is 1. The molecule has 0 radical (unpaired) electrons. The van der Waals surface area contributed by atoms with Crippen LogP contribution < -0.4 is 43.8 Å². The van der Waals surface area contributed by atoms with Crippen LogP contribution >= 0.6 is 0 Å². The van der Waals surface area contributed by atoms with Crippen molar-refractivity contribution in [2.45, 2.75) is 57.3 Å². The molecule has 4 atom stereocenters. The van der Waals surface area contributed by atoms with Crippen molar-refractivity contribution >= 4 is 41.5 Å². The smallest absolute Gasteiger partial charge is 0.326 e. The van der Waals surface area contributed by atoms with Gasteiger partial charge in [0.05, 0.1) is 13.0 Å². The lowest BCUT2D eigenvalue weighted by Gasteiger charge is -2.23. The molecule has 0 saturated carbocycles. The van der Waals surface area contributed by atoms with E-state index in [0.29, 0.717) is 0 Å². The zero-order valence-corrected chi connectivity index (χ0v) is 19.0. The highest BCUT2D eigenvalue weighted by Crippen LogP contribution is 2.01. The summed E-state index contributed by atoms with van der Waals surface area (Å²) in [6.45, 7) is 2.53. The topological polar surface area (TPSA) is 285 Å². The van der Waals surface area contributed by atoms with Gasteiger partial charge >= 0.3 is 5.97 Å². The number of nitrogens with one attached hydrogen (secondary N) is 6. The highest BCUT2D eigenvalue weighted by molar-refractivity contribution is 5.96. The summed E-state index contributed by atoms with van der Waals surface area (Å²) in [5.41, 5.74) is 15.4. The Labute approximate surface area is 195 Å². The van der Waals surface area contributed by atoms with E-state index < -0.39 is 66.1 Å². The molecule has 192 valence electrons. The van der Waals surface area contributed by atoms with Gasteiger partial charge in [0.25, 0.3) is 0 Å². The van der Waals surface area contributed by atoms with Crippen LogP contribution in [0.1, 0.15) is 33.1 Å². The molecule has 13 N–H and O–H groups in total. The summed E-state index contributed by atoms with van der Waals surface area (Å²) in [5.74, 6) is -5.70. The third kappa shape index (κ3) is 12.2. The summed E-state index contributed by atoms with van der Waals surface area (Å²) in [6, 6.07) is -5.03. The van der Waals surface area contributed by atoms with Crippen LogP contribution in [0, 0.1) is 5.41 Å². The minimum absolute atomic E-state index is 0.0303.